The standard InChI is InChI=1S/C18H26N2O/c1-14-4-3-5-15(10-14)8-9-20-13-16-6-7-18(21-2)17(11-16)12-19/h6-7,11,14-15,20H,3-5,8-10,13H2,1-2H3. The van der Waals surface area contributed by atoms with Crippen molar-refractivity contribution in [3.8, 4) is 11.8 Å². The van der Waals surface area contributed by atoms with Crippen LogP contribution in [-0.2, 0) is 6.54 Å². The van der Waals surface area contributed by atoms with E-state index in [-0.39, 0.29) is 0 Å². The van der Waals surface area contributed by atoms with E-state index < -0.39 is 0 Å². The Kier molecular flexibility index (Phi) is 6.07. The first-order valence-electron chi connectivity index (χ1n) is 8.00. The van der Waals surface area contributed by atoms with Crippen LogP contribution >= 0.6 is 0 Å². The molecule has 1 aliphatic rings. The zero-order valence-corrected chi connectivity index (χ0v) is 13.2. The molecule has 114 valence electrons. The topological polar surface area (TPSA) is 45.0 Å². The number of benzene rings is 1. The SMILES string of the molecule is COc1ccc(CNCCC2CCCC(C)C2)cc1C#N. The van der Waals surface area contributed by atoms with Gasteiger partial charge in [-0.1, -0.05) is 32.3 Å². The fourth-order valence-electron chi connectivity index (χ4n) is 3.31. The second-order valence-electron chi connectivity index (χ2n) is 6.25. The van der Waals surface area contributed by atoms with Gasteiger partial charge in [0.2, 0.25) is 0 Å². The van der Waals surface area contributed by atoms with Gasteiger partial charge in [-0.15, -0.1) is 0 Å². The molecule has 1 aromatic rings. The lowest BCUT2D eigenvalue weighted by Gasteiger charge is -2.26. The summed E-state index contributed by atoms with van der Waals surface area (Å²) in [4.78, 5) is 0. The number of nitrogens with zero attached hydrogens (tertiary/aromatic N) is 1. The normalized spacial score (nSPS) is 21.8. The fourth-order valence-corrected chi connectivity index (χ4v) is 3.31. The van der Waals surface area contributed by atoms with Crippen LogP contribution in [0.25, 0.3) is 0 Å². The van der Waals surface area contributed by atoms with Crippen LogP contribution in [-0.4, -0.2) is 13.7 Å². The van der Waals surface area contributed by atoms with Gasteiger partial charge in [-0.3, -0.25) is 0 Å². The Morgan fingerprint density at radius 2 is 2.24 bits per heavy atom. The minimum Gasteiger partial charge on any atom is -0.495 e. The first kappa shape index (κ1) is 15.9. The molecule has 2 atom stereocenters. The highest BCUT2D eigenvalue weighted by Crippen LogP contribution is 2.30. The van der Waals surface area contributed by atoms with Crippen molar-refractivity contribution in [2.24, 2.45) is 11.8 Å². The Balaban J connectivity index is 1.75. The molecule has 0 amide bonds. The Hall–Kier alpha value is -1.53. The molecule has 1 saturated carbocycles. The van der Waals surface area contributed by atoms with Gasteiger partial charge in [-0.25, -0.2) is 0 Å². The van der Waals surface area contributed by atoms with Crippen LogP contribution in [0.1, 0.15) is 50.2 Å². The summed E-state index contributed by atoms with van der Waals surface area (Å²) in [6.45, 7) is 4.26. The number of nitriles is 1. The van der Waals surface area contributed by atoms with Crippen LogP contribution < -0.4 is 10.1 Å². The van der Waals surface area contributed by atoms with E-state index >= 15 is 0 Å². The lowest BCUT2D eigenvalue weighted by Crippen LogP contribution is -2.21. The van der Waals surface area contributed by atoms with Gasteiger partial charge in [0, 0.05) is 6.54 Å². The largest absolute Gasteiger partial charge is 0.495 e. The van der Waals surface area contributed by atoms with Gasteiger partial charge >= 0.3 is 0 Å². The van der Waals surface area contributed by atoms with Gasteiger partial charge in [0.15, 0.2) is 0 Å². The number of rotatable bonds is 6. The third kappa shape index (κ3) is 4.75. The molecule has 21 heavy (non-hydrogen) atoms. The Morgan fingerprint density at radius 3 is 2.95 bits per heavy atom. The first-order chi connectivity index (χ1) is 10.2. The zero-order valence-electron chi connectivity index (χ0n) is 13.2. The maximum absolute atomic E-state index is 9.09. The van der Waals surface area contributed by atoms with Crippen LogP contribution in [0.15, 0.2) is 18.2 Å². The summed E-state index contributed by atoms with van der Waals surface area (Å²) in [6, 6.07) is 7.99. The molecule has 1 fully saturated rings. The van der Waals surface area contributed by atoms with Crippen LogP contribution in [0.5, 0.6) is 5.75 Å². The summed E-state index contributed by atoms with van der Waals surface area (Å²) < 4.78 is 5.16. The van der Waals surface area contributed by atoms with E-state index in [4.69, 9.17) is 10.00 Å². The summed E-state index contributed by atoms with van der Waals surface area (Å²) in [7, 11) is 1.60. The third-order valence-corrected chi connectivity index (χ3v) is 4.49. The molecule has 1 aromatic carbocycles. The van der Waals surface area contributed by atoms with E-state index in [0.29, 0.717) is 11.3 Å². The zero-order chi connectivity index (χ0) is 15.1. The molecule has 0 bridgehead atoms. The second-order valence-corrected chi connectivity index (χ2v) is 6.25. The molecule has 0 spiro atoms. The summed E-state index contributed by atoms with van der Waals surface area (Å²) in [6.07, 6.45) is 6.87. The number of hydrogen-bond donors (Lipinski definition) is 1. The van der Waals surface area contributed by atoms with E-state index in [1.165, 1.54) is 32.1 Å². The van der Waals surface area contributed by atoms with Gasteiger partial charge in [0.25, 0.3) is 0 Å². The summed E-state index contributed by atoms with van der Waals surface area (Å²) >= 11 is 0. The summed E-state index contributed by atoms with van der Waals surface area (Å²) in [5.41, 5.74) is 1.75. The Morgan fingerprint density at radius 1 is 1.38 bits per heavy atom. The molecular formula is C18H26N2O. The Labute approximate surface area is 128 Å². The summed E-state index contributed by atoms with van der Waals surface area (Å²) in [5, 5.41) is 12.6. The van der Waals surface area contributed by atoms with Gasteiger partial charge in [0.1, 0.15) is 11.8 Å². The highest BCUT2D eigenvalue weighted by molar-refractivity contribution is 5.45. The van der Waals surface area contributed by atoms with Crippen molar-refractivity contribution in [2.45, 2.75) is 45.6 Å². The van der Waals surface area contributed by atoms with Crippen molar-refractivity contribution >= 4 is 0 Å². The lowest BCUT2D eigenvalue weighted by atomic mass is 9.81. The highest BCUT2D eigenvalue weighted by atomic mass is 16.5. The molecule has 0 radical (unpaired) electrons. The maximum atomic E-state index is 9.09. The average molecular weight is 286 g/mol. The maximum Gasteiger partial charge on any atom is 0.136 e. The van der Waals surface area contributed by atoms with E-state index in [0.717, 1.165) is 30.5 Å². The molecule has 2 unspecified atom stereocenters. The molecule has 1 aliphatic carbocycles. The molecule has 2 rings (SSSR count). The van der Waals surface area contributed by atoms with E-state index in [9.17, 15) is 0 Å². The van der Waals surface area contributed by atoms with Crippen molar-refractivity contribution in [3.63, 3.8) is 0 Å². The number of hydrogen-bond acceptors (Lipinski definition) is 3. The van der Waals surface area contributed by atoms with Crippen molar-refractivity contribution in [3.05, 3.63) is 29.3 Å². The molecule has 1 N–H and O–H groups in total. The average Bonchev–Trinajstić information content (AvgIpc) is 2.51. The molecule has 0 aromatic heterocycles. The van der Waals surface area contributed by atoms with Crippen LogP contribution in [0, 0.1) is 23.2 Å². The van der Waals surface area contributed by atoms with Crippen molar-refractivity contribution in [1.29, 1.82) is 5.26 Å². The number of ether oxygens (including phenoxy) is 1. The molecule has 3 heteroatoms. The molecule has 0 heterocycles. The van der Waals surface area contributed by atoms with Gasteiger partial charge in [-0.2, -0.15) is 5.26 Å². The molecule has 0 saturated heterocycles. The monoisotopic (exact) mass is 286 g/mol. The van der Waals surface area contributed by atoms with E-state index in [1.807, 2.05) is 18.2 Å². The number of nitrogens with one attached hydrogen (secondary N) is 1. The van der Waals surface area contributed by atoms with Gasteiger partial charge in [0.05, 0.1) is 12.7 Å². The third-order valence-electron chi connectivity index (χ3n) is 4.49. The highest BCUT2D eigenvalue weighted by Gasteiger charge is 2.18. The van der Waals surface area contributed by atoms with Crippen molar-refractivity contribution < 1.29 is 4.74 Å². The van der Waals surface area contributed by atoms with Gasteiger partial charge in [-0.05, 0) is 48.9 Å². The summed E-state index contributed by atoms with van der Waals surface area (Å²) in [5.74, 6) is 2.45. The van der Waals surface area contributed by atoms with Crippen LogP contribution in [0.4, 0.5) is 0 Å². The molecule has 3 nitrogen and oxygen atoms in total. The van der Waals surface area contributed by atoms with Gasteiger partial charge < -0.3 is 10.1 Å². The van der Waals surface area contributed by atoms with Crippen LogP contribution in [0.3, 0.4) is 0 Å². The first-order valence-corrected chi connectivity index (χ1v) is 8.00. The molecular weight excluding hydrogens is 260 g/mol. The fraction of sp³-hybridized carbons (Fsp3) is 0.611. The van der Waals surface area contributed by atoms with E-state index in [2.05, 4.69) is 18.3 Å². The Bertz CT molecular complexity index is 492. The lowest BCUT2D eigenvalue weighted by molar-refractivity contribution is 0.267. The van der Waals surface area contributed by atoms with Crippen molar-refractivity contribution in [1.82, 2.24) is 5.32 Å². The van der Waals surface area contributed by atoms with E-state index in [1.54, 1.807) is 7.11 Å². The minimum absolute atomic E-state index is 0.609. The van der Waals surface area contributed by atoms with Crippen molar-refractivity contribution in [2.75, 3.05) is 13.7 Å². The quantitative estimate of drug-likeness (QED) is 0.807. The minimum atomic E-state index is 0.609. The predicted molar refractivity (Wildman–Crippen MR) is 85.2 cm³/mol. The second kappa shape index (κ2) is 8.05. The van der Waals surface area contributed by atoms with Crippen LogP contribution in [0.2, 0.25) is 0 Å². The predicted octanol–water partition coefficient (Wildman–Crippen LogP) is 3.87. The molecule has 0 aliphatic heterocycles. The smallest absolute Gasteiger partial charge is 0.136 e. The number of methoxy groups -OCH3 is 1.